The fraction of sp³-hybridized carbons (Fsp3) is 0. The fourth-order valence-corrected chi connectivity index (χ4v) is 0. The Morgan fingerprint density at radius 2 is 1.25 bits per heavy atom. The number of halogens is 1. The van der Waals surface area contributed by atoms with Crippen LogP contribution in [0.5, 0.6) is 0 Å². The van der Waals surface area contributed by atoms with Crippen LogP contribution in [0.3, 0.4) is 0 Å². The van der Waals surface area contributed by atoms with Gasteiger partial charge in [-0.25, -0.2) is 0 Å². The van der Waals surface area contributed by atoms with E-state index in [0.29, 0.717) is 0 Å². The van der Waals surface area contributed by atoms with Crippen molar-refractivity contribution in [3.05, 3.63) is 0 Å². The molecule has 0 aromatic carbocycles. The van der Waals surface area contributed by atoms with Gasteiger partial charge in [-0.15, -0.1) is 0 Å². The molecule has 0 unspecified atom stereocenters. The Bertz CT molecular complexity index is 8.00. The van der Waals surface area contributed by atoms with E-state index in [1.54, 1.807) is 0 Å². The molecule has 0 aliphatic rings. The molecule has 0 saturated carbocycles. The number of rotatable bonds is 0. The fourth-order valence-electron chi connectivity index (χ4n) is 0. The summed E-state index contributed by atoms with van der Waals surface area (Å²) in [6.45, 7) is 0. The van der Waals surface area contributed by atoms with Crippen LogP contribution in [-0.2, 0) is 31.7 Å². The van der Waals surface area contributed by atoms with Gasteiger partial charge >= 0.3 is 52.4 Å². The molecular formula is HErFLiY. The van der Waals surface area contributed by atoms with Gasteiger partial charge < -0.3 is 0 Å². The van der Waals surface area contributed by atoms with Gasteiger partial charge in [-0.05, 0) is 0 Å². The van der Waals surface area contributed by atoms with Crippen molar-refractivity contribution in [2.75, 3.05) is 0 Å². The van der Waals surface area contributed by atoms with Crippen LogP contribution < -0.4 is 0 Å². The van der Waals surface area contributed by atoms with Gasteiger partial charge in [0.05, 0.1) is 0 Å². The summed E-state index contributed by atoms with van der Waals surface area (Å²) < 4.78 is 9.63. The average molecular weight is 283 g/mol. The van der Waals surface area contributed by atoms with E-state index in [0.717, 1.165) is 0 Å². The van der Waals surface area contributed by atoms with Crippen LogP contribution in [0, 0.1) is 37.3 Å². The first-order valence-corrected chi connectivity index (χ1v) is 1.29. The van der Waals surface area contributed by atoms with Gasteiger partial charge in [0, 0.05) is 37.3 Å². The molecule has 0 aliphatic heterocycles. The van der Waals surface area contributed by atoms with Crippen molar-refractivity contribution in [3.63, 3.8) is 0 Å². The molecule has 0 aliphatic carbocycles. The second-order valence-corrected chi connectivity index (χ2v) is 0. The first-order chi connectivity index (χ1) is 1.00. The summed E-state index contributed by atoms with van der Waals surface area (Å²) in [5.74, 6) is 0. The van der Waals surface area contributed by atoms with Crippen LogP contribution >= 0.6 is 0 Å². The maximum atomic E-state index is 9.63. The molecule has 0 heterocycles. The molecule has 0 amide bonds. The van der Waals surface area contributed by atoms with Crippen molar-refractivity contribution in [2.24, 2.45) is 0 Å². The molecular weight excluding hydrogens is 282 g/mol. The minimum atomic E-state index is -0.150. The SMILES string of the molecule is [Er].[F][Y].[LiH]. The van der Waals surface area contributed by atoms with E-state index in [1.165, 1.54) is 0 Å². The van der Waals surface area contributed by atoms with Crippen LogP contribution in [-0.4, -0.2) is 18.9 Å². The van der Waals surface area contributed by atoms with Crippen molar-refractivity contribution in [2.45, 2.75) is 0 Å². The van der Waals surface area contributed by atoms with Crippen LogP contribution in [0.15, 0.2) is 0 Å². The standard InChI is InChI=1S/Er.FH.Li.Y.H/h;1H;;;/q;;;+1;/p-1. The van der Waals surface area contributed by atoms with E-state index in [-0.39, 0.29) is 87.8 Å². The molecule has 0 aromatic heterocycles. The van der Waals surface area contributed by atoms with Gasteiger partial charge in [-0.2, -0.15) is 0 Å². The van der Waals surface area contributed by atoms with Crippen molar-refractivity contribution in [1.82, 2.24) is 0 Å². The van der Waals surface area contributed by atoms with Gasteiger partial charge in [-0.3, -0.25) is 0 Å². The Morgan fingerprint density at radius 3 is 1.25 bits per heavy atom. The van der Waals surface area contributed by atoms with Gasteiger partial charge in [0.1, 0.15) is 0 Å². The van der Waals surface area contributed by atoms with Crippen LogP contribution in [0.4, 0.5) is 1.92 Å². The molecule has 0 bridgehead atoms. The predicted octanol–water partition coefficient (Wildman–Crippen LogP) is -0.231. The second kappa shape index (κ2) is 16.9. The molecule has 0 nitrogen and oxygen atoms in total. The van der Waals surface area contributed by atoms with E-state index >= 15 is 0 Å². The Morgan fingerprint density at radius 1 is 1.25 bits per heavy atom. The number of hydrogen-bond acceptors (Lipinski definition) is 0. The summed E-state index contributed by atoms with van der Waals surface area (Å²) in [6, 6.07) is 0. The maximum absolute atomic E-state index is 9.63. The summed E-state index contributed by atoms with van der Waals surface area (Å²) in [5.41, 5.74) is 0. The first kappa shape index (κ1) is 15.8. The van der Waals surface area contributed by atoms with Gasteiger partial charge in [0.25, 0.3) is 0 Å². The topological polar surface area (TPSA) is 0 Å². The molecule has 0 rings (SSSR count). The summed E-state index contributed by atoms with van der Waals surface area (Å²) in [5, 5.41) is 0. The molecule has 4 heteroatoms. The van der Waals surface area contributed by atoms with Crippen molar-refractivity contribution >= 4 is 18.9 Å². The normalized spacial score (nSPS) is 1.00. The predicted molar refractivity (Wildman–Crippen MR) is 8.26 cm³/mol. The average Bonchev–Trinajstić information content (AvgIpc) is 1.00. The molecule has 0 spiro atoms. The Labute approximate surface area is 87.7 Å². The Balaban J connectivity index is -0.00000000500. The van der Waals surface area contributed by atoms with Gasteiger partial charge in [0.15, 0.2) is 0 Å². The molecule has 0 fully saturated rings. The minimum absolute atomic E-state index is 0. The van der Waals surface area contributed by atoms with Crippen LogP contribution in [0.1, 0.15) is 0 Å². The Kier molecular flexibility index (Phi) is 66.7. The molecule has 0 saturated heterocycles. The Hall–Kier alpha value is 2.88. The third kappa shape index (κ3) is 8.86. The zero-order valence-corrected chi connectivity index (χ0v) is 5.93. The van der Waals surface area contributed by atoms with E-state index in [4.69, 9.17) is 0 Å². The van der Waals surface area contributed by atoms with Gasteiger partial charge in [-0.1, -0.05) is 0 Å². The van der Waals surface area contributed by atoms with Crippen molar-refractivity contribution in [3.8, 4) is 0 Å². The summed E-state index contributed by atoms with van der Waals surface area (Å²) in [6.07, 6.45) is 0. The second-order valence-electron chi connectivity index (χ2n) is 0. The van der Waals surface area contributed by atoms with Crippen LogP contribution in [0.25, 0.3) is 0 Å². The summed E-state index contributed by atoms with van der Waals surface area (Å²) in [4.78, 5) is 0. The van der Waals surface area contributed by atoms with Gasteiger partial charge in [0.2, 0.25) is 0 Å². The molecule has 4 heavy (non-hydrogen) atoms. The summed E-state index contributed by atoms with van der Waals surface area (Å²) in [7, 11) is 0. The monoisotopic (exact) mass is 282 g/mol. The van der Waals surface area contributed by atoms with E-state index in [1.807, 2.05) is 0 Å². The third-order valence-electron chi connectivity index (χ3n) is 0. The van der Waals surface area contributed by atoms with E-state index < -0.39 is 0 Å². The molecule has 0 aromatic rings. The van der Waals surface area contributed by atoms with Crippen molar-refractivity contribution in [1.29, 1.82) is 0 Å². The first-order valence-electron chi connectivity index (χ1n) is 0.218. The number of hydrogen-bond donors (Lipinski definition) is 0. The molecule has 0 atom stereocenters. The zero-order valence-electron chi connectivity index (χ0n) is 1.24. The zero-order chi connectivity index (χ0) is 2.00. The van der Waals surface area contributed by atoms with E-state index in [2.05, 4.69) is 0 Å². The quantitative estimate of drug-likeness (QED) is 0.539. The third-order valence-corrected chi connectivity index (χ3v) is 0. The summed E-state index contributed by atoms with van der Waals surface area (Å²) >= 11 is -0.150. The van der Waals surface area contributed by atoms with Crippen LogP contribution in [0.2, 0.25) is 0 Å². The van der Waals surface area contributed by atoms with Crippen molar-refractivity contribution < 1.29 is 70.9 Å². The molecule has 24 valence electrons. The van der Waals surface area contributed by atoms with E-state index in [9.17, 15) is 1.92 Å². The molecule has 0 radical (unpaired) electrons. The molecule has 0 N–H and O–H groups in total.